The van der Waals surface area contributed by atoms with Crippen LogP contribution in [0, 0.1) is 11.6 Å². The molecule has 0 atom stereocenters. The third-order valence-electron chi connectivity index (χ3n) is 2.85. The second kappa shape index (κ2) is 4.70. The highest BCUT2D eigenvalue weighted by molar-refractivity contribution is 7.13. The van der Waals surface area contributed by atoms with Gasteiger partial charge in [0.25, 0.3) is 0 Å². The average Bonchev–Trinajstić information content (AvgIpc) is 2.82. The van der Waals surface area contributed by atoms with Crippen LogP contribution in [0.4, 0.5) is 8.78 Å². The molecule has 100 valence electrons. The Kier molecular flexibility index (Phi) is 3.36. The molecule has 0 aliphatic carbocycles. The first-order valence-electron chi connectivity index (χ1n) is 5.47. The Morgan fingerprint density at radius 2 is 2.00 bits per heavy atom. The van der Waals surface area contributed by atoms with Gasteiger partial charge in [-0.15, -0.1) is 11.3 Å². The van der Waals surface area contributed by atoms with E-state index in [1.165, 1.54) is 17.4 Å². The van der Waals surface area contributed by atoms with Crippen molar-refractivity contribution in [2.24, 2.45) is 0 Å². The van der Waals surface area contributed by atoms with Crippen molar-refractivity contribution in [1.29, 1.82) is 0 Å². The zero-order chi connectivity index (χ0) is 14.2. The molecule has 0 aliphatic rings. The maximum atomic E-state index is 13.1. The first kappa shape index (κ1) is 13.6. The van der Waals surface area contributed by atoms with Gasteiger partial charge < -0.3 is 5.11 Å². The molecule has 0 radical (unpaired) electrons. The molecule has 1 heterocycles. The van der Waals surface area contributed by atoms with Crippen molar-refractivity contribution in [2.75, 3.05) is 0 Å². The maximum Gasteiger partial charge on any atom is 0.315 e. The summed E-state index contributed by atoms with van der Waals surface area (Å²) in [5, 5.41) is 11.2. The van der Waals surface area contributed by atoms with Crippen LogP contribution in [0.5, 0.6) is 0 Å². The molecule has 1 aromatic heterocycles. The number of hydrogen-bond donors (Lipinski definition) is 1. The number of carboxylic acids is 1. The van der Waals surface area contributed by atoms with Gasteiger partial charge in [-0.1, -0.05) is 0 Å². The fourth-order valence-electron chi connectivity index (χ4n) is 1.43. The molecular formula is C13H11F2NO2S. The Bertz CT molecular complexity index is 637. The van der Waals surface area contributed by atoms with Crippen LogP contribution in [0.15, 0.2) is 23.6 Å². The lowest BCUT2D eigenvalue weighted by Crippen LogP contribution is -2.28. The molecule has 0 fully saturated rings. The Labute approximate surface area is 112 Å². The Morgan fingerprint density at radius 1 is 1.32 bits per heavy atom. The van der Waals surface area contributed by atoms with Gasteiger partial charge in [0.2, 0.25) is 0 Å². The maximum absolute atomic E-state index is 13.1. The summed E-state index contributed by atoms with van der Waals surface area (Å²) in [5.74, 6) is -2.87. The number of hydrogen-bond acceptors (Lipinski definition) is 3. The van der Waals surface area contributed by atoms with Crippen LogP contribution < -0.4 is 0 Å². The molecule has 0 saturated carbocycles. The van der Waals surface area contributed by atoms with Crippen LogP contribution in [0.2, 0.25) is 0 Å². The number of halogens is 2. The Hall–Kier alpha value is -1.82. The number of thiazole rings is 1. The smallest absolute Gasteiger partial charge is 0.315 e. The second-order valence-corrected chi connectivity index (χ2v) is 5.46. The van der Waals surface area contributed by atoms with Crippen molar-refractivity contribution in [2.45, 2.75) is 19.3 Å². The van der Waals surface area contributed by atoms with Crippen LogP contribution >= 0.6 is 11.3 Å². The summed E-state index contributed by atoms with van der Waals surface area (Å²) in [6.07, 6.45) is 0. The number of aromatic nitrogens is 1. The van der Waals surface area contributed by atoms with Gasteiger partial charge in [-0.25, -0.2) is 13.8 Å². The monoisotopic (exact) mass is 283 g/mol. The van der Waals surface area contributed by atoms with Gasteiger partial charge in [-0.05, 0) is 32.0 Å². The van der Waals surface area contributed by atoms with E-state index in [-0.39, 0.29) is 0 Å². The van der Waals surface area contributed by atoms with Crippen molar-refractivity contribution in [3.63, 3.8) is 0 Å². The van der Waals surface area contributed by atoms with Gasteiger partial charge in [0.15, 0.2) is 11.6 Å². The molecule has 1 N–H and O–H groups in total. The van der Waals surface area contributed by atoms with E-state index >= 15 is 0 Å². The lowest BCUT2D eigenvalue weighted by atomic mass is 9.90. The van der Waals surface area contributed by atoms with E-state index < -0.39 is 23.0 Å². The highest BCUT2D eigenvalue weighted by Crippen LogP contribution is 2.30. The molecule has 6 heteroatoms. The summed E-state index contributed by atoms with van der Waals surface area (Å²) in [7, 11) is 0. The molecule has 0 spiro atoms. The van der Waals surface area contributed by atoms with E-state index in [2.05, 4.69) is 4.98 Å². The zero-order valence-corrected chi connectivity index (χ0v) is 11.1. The highest BCUT2D eigenvalue weighted by atomic mass is 32.1. The van der Waals surface area contributed by atoms with Crippen LogP contribution in [0.3, 0.4) is 0 Å². The summed E-state index contributed by atoms with van der Waals surface area (Å²) in [6.45, 7) is 3.08. The van der Waals surface area contributed by atoms with Gasteiger partial charge >= 0.3 is 5.97 Å². The van der Waals surface area contributed by atoms with Crippen molar-refractivity contribution in [1.82, 2.24) is 4.98 Å². The number of carboxylic acid groups (broad SMARTS) is 1. The van der Waals surface area contributed by atoms with Crippen LogP contribution in [0.1, 0.15) is 19.5 Å². The molecule has 0 saturated heterocycles. The Morgan fingerprint density at radius 3 is 2.58 bits per heavy atom. The summed E-state index contributed by atoms with van der Waals surface area (Å²) >= 11 is 1.20. The van der Waals surface area contributed by atoms with Crippen molar-refractivity contribution in [3.8, 4) is 10.6 Å². The molecule has 0 amide bonds. The molecule has 3 nitrogen and oxygen atoms in total. The summed E-state index contributed by atoms with van der Waals surface area (Å²) < 4.78 is 26.0. The first-order valence-corrected chi connectivity index (χ1v) is 6.35. The quantitative estimate of drug-likeness (QED) is 0.938. The first-order chi connectivity index (χ1) is 8.82. The molecule has 2 aromatic rings. The van der Waals surface area contributed by atoms with Crippen LogP contribution in [-0.2, 0) is 10.2 Å². The fourth-order valence-corrected chi connectivity index (χ4v) is 2.42. The Balaban J connectivity index is 2.41. The highest BCUT2D eigenvalue weighted by Gasteiger charge is 2.32. The zero-order valence-electron chi connectivity index (χ0n) is 10.3. The minimum Gasteiger partial charge on any atom is -0.481 e. The number of carbonyl (C=O) groups is 1. The van der Waals surface area contributed by atoms with E-state index in [0.29, 0.717) is 16.3 Å². The largest absolute Gasteiger partial charge is 0.481 e. The molecule has 19 heavy (non-hydrogen) atoms. The van der Waals surface area contributed by atoms with Crippen LogP contribution in [-0.4, -0.2) is 16.1 Å². The van der Waals surface area contributed by atoms with Crippen molar-refractivity contribution < 1.29 is 18.7 Å². The van der Waals surface area contributed by atoms with Crippen LogP contribution in [0.25, 0.3) is 10.6 Å². The van der Waals surface area contributed by atoms with E-state index in [1.54, 1.807) is 19.2 Å². The molecule has 0 bridgehead atoms. The number of rotatable bonds is 3. The molecule has 0 aliphatic heterocycles. The van der Waals surface area contributed by atoms with Gasteiger partial charge in [0.1, 0.15) is 10.4 Å². The van der Waals surface area contributed by atoms with E-state index in [9.17, 15) is 13.6 Å². The van der Waals surface area contributed by atoms with Gasteiger partial charge in [-0.2, -0.15) is 0 Å². The minimum atomic E-state index is -1.12. The topological polar surface area (TPSA) is 50.2 Å². The van der Waals surface area contributed by atoms with Gasteiger partial charge in [0.05, 0.1) is 5.69 Å². The third-order valence-corrected chi connectivity index (χ3v) is 3.74. The lowest BCUT2D eigenvalue weighted by Gasteiger charge is -2.15. The summed E-state index contributed by atoms with van der Waals surface area (Å²) in [5.41, 5.74) is -0.297. The SMILES string of the molecule is CC(C)(C(=O)O)c1csc(-c2ccc(F)c(F)c2)n1. The van der Waals surface area contributed by atoms with E-state index in [4.69, 9.17) is 5.11 Å². The fraction of sp³-hybridized carbons (Fsp3) is 0.231. The summed E-state index contributed by atoms with van der Waals surface area (Å²) in [6, 6.07) is 3.48. The second-order valence-electron chi connectivity index (χ2n) is 4.60. The lowest BCUT2D eigenvalue weighted by molar-refractivity contribution is -0.142. The molecular weight excluding hydrogens is 272 g/mol. The molecule has 0 unspecified atom stereocenters. The third kappa shape index (κ3) is 2.49. The van der Waals surface area contributed by atoms with Gasteiger partial charge in [-0.3, -0.25) is 4.79 Å². The van der Waals surface area contributed by atoms with Gasteiger partial charge in [0, 0.05) is 10.9 Å². The van der Waals surface area contributed by atoms with E-state index in [0.717, 1.165) is 12.1 Å². The average molecular weight is 283 g/mol. The molecule has 1 aromatic carbocycles. The predicted molar refractivity (Wildman–Crippen MR) is 68.1 cm³/mol. The predicted octanol–water partition coefficient (Wildman–Crippen LogP) is 3.45. The standard InChI is InChI=1S/C13H11F2NO2S/c1-13(2,12(17)18)10-6-19-11(16-10)7-3-4-8(14)9(15)5-7/h3-6H,1-2H3,(H,17,18). The van der Waals surface area contributed by atoms with Crippen molar-refractivity contribution >= 4 is 17.3 Å². The summed E-state index contributed by atoms with van der Waals surface area (Å²) in [4.78, 5) is 15.3. The number of benzene rings is 1. The number of nitrogens with zero attached hydrogens (tertiary/aromatic N) is 1. The minimum absolute atomic E-state index is 0.393. The van der Waals surface area contributed by atoms with E-state index in [1.807, 2.05) is 0 Å². The molecule has 2 rings (SSSR count). The van der Waals surface area contributed by atoms with Crippen molar-refractivity contribution in [3.05, 3.63) is 40.9 Å². The normalized spacial score (nSPS) is 11.6. The number of aliphatic carboxylic acids is 1.